The third kappa shape index (κ3) is 5.64. The molecule has 0 aliphatic rings. The Bertz CT molecular complexity index is 936. The van der Waals surface area contributed by atoms with Crippen molar-refractivity contribution in [2.75, 3.05) is 19.0 Å². The summed E-state index contributed by atoms with van der Waals surface area (Å²) in [7, 11) is 0.0126. The molecular weight excluding hydrogens is 378 g/mol. The van der Waals surface area contributed by atoms with Gasteiger partial charge in [0.1, 0.15) is 0 Å². The summed E-state index contributed by atoms with van der Waals surface area (Å²) in [6, 6.07) is 12.3. The molecule has 0 fully saturated rings. The predicted octanol–water partition coefficient (Wildman–Crippen LogP) is 1.94. The molecule has 0 saturated heterocycles. The van der Waals surface area contributed by atoms with Gasteiger partial charge in [0.05, 0.1) is 10.9 Å². The molecule has 1 amide bonds. The Morgan fingerprint density at radius 3 is 2.07 bits per heavy atom. The molecule has 0 aliphatic heterocycles. The predicted molar refractivity (Wildman–Crippen MR) is 109 cm³/mol. The molecule has 28 heavy (non-hydrogen) atoms. The van der Waals surface area contributed by atoms with Gasteiger partial charge >= 0.3 is 0 Å². The average molecular weight is 404 g/mol. The fraction of sp³-hybridized carbons (Fsp3) is 0.300. The number of carbonyl (C=O) groups excluding carboxylic acids is 2. The van der Waals surface area contributed by atoms with Crippen molar-refractivity contribution in [2.45, 2.75) is 31.3 Å². The molecule has 1 atom stereocenters. The minimum absolute atomic E-state index is 0.00331. The number of sulfonamides is 1. The first-order valence-corrected chi connectivity index (χ1v) is 10.3. The Morgan fingerprint density at radius 2 is 1.57 bits per heavy atom. The van der Waals surface area contributed by atoms with Gasteiger partial charge in [-0.15, -0.1) is 0 Å². The Hall–Kier alpha value is -2.71. The Balaban J connectivity index is 1.95. The number of nitrogens with one attached hydrogen (secondary N) is 2. The van der Waals surface area contributed by atoms with Crippen LogP contribution in [0.15, 0.2) is 53.4 Å². The van der Waals surface area contributed by atoms with Crippen LogP contribution in [0, 0.1) is 0 Å². The minimum atomic E-state index is -3.87. The zero-order valence-corrected chi connectivity index (χ0v) is 17.2. The van der Waals surface area contributed by atoms with E-state index in [1.807, 2.05) is 43.3 Å². The first-order valence-electron chi connectivity index (χ1n) is 8.77. The molecule has 2 N–H and O–H groups in total. The zero-order chi connectivity index (χ0) is 20.9. The lowest BCUT2D eigenvalue weighted by Gasteiger charge is -2.15. The fourth-order valence-electron chi connectivity index (χ4n) is 2.48. The number of rotatable bonds is 8. The van der Waals surface area contributed by atoms with E-state index in [2.05, 4.69) is 10.0 Å². The van der Waals surface area contributed by atoms with Crippen LogP contribution in [-0.4, -0.2) is 40.2 Å². The number of carbonyl (C=O) groups is 2. The van der Waals surface area contributed by atoms with E-state index in [0.29, 0.717) is 12.1 Å². The first-order chi connectivity index (χ1) is 13.1. The van der Waals surface area contributed by atoms with E-state index in [4.69, 9.17) is 0 Å². The highest BCUT2D eigenvalue weighted by Gasteiger charge is 2.22. The molecule has 8 heteroatoms. The van der Waals surface area contributed by atoms with Gasteiger partial charge in [-0.25, -0.2) is 8.42 Å². The van der Waals surface area contributed by atoms with E-state index in [1.54, 1.807) is 0 Å². The summed E-state index contributed by atoms with van der Waals surface area (Å²) in [6.45, 7) is 3.18. The Labute approximate surface area is 165 Å². The van der Waals surface area contributed by atoms with Crippen LogP contribution in [0.4, 0.5) is 5.69 Å². The normalized spacial score (nSPS) is 12.3. The number of hydrogen-bond acceptors (Lipinski definition) is 5. The van der Waals surface area contributed by atoms with E-state index < -0.39 is 22.0 Å². The molecule has 150 valence electrons. The fourth-order valence-corrected chi connectivity index (χ4v) is 3.68. The van der Waals surface area contributed by atoms with Gasteiger partial charge in [0.15, 0.2) is 5.78 Å². The van der Waals surface area contributed by atoms with Crippen molar-refractivity contribution < 1.29 is 18.0 Å². The number of amides is 1. The maximum Gasteiger partial charge on any atom is 0.241 e. The maximum atomic E-state index is 12.4. The standard InChI is InChI=1S/C20H25N3O4S/c1-14(20(25)21-13-16-5-9-18(10-6-16)23(3)4)22-28(26,27)19-11-7-17(8-12-19)15(2)24/h5-12,14,22H,13H2,1-4H3,(H,21,25)/t14-/m0/s1. The van der Waals surface area contributed by atoms with Crippen molar-refractivity contribution in [1.82, 2.24) is 10.0 Å². The Morgan fingerprint density at radius 1 is 1.00 bits per heavy atom. The molecule has 7 nitrogen and oxygen atoms in total. The number of Topliss-reactive ketones (excluding diaryl/α,β-unsaturated/α-hetero) is 1. The lowest BCUT2D eigenvalue weighted by Crippen LogP contribution is -2.44. The molecule has 2 aromatic carbocycles. The van der Waals surface area contributed by atoms with Gasteiger partial charge in [0.25, 0.3) is 0 Å². The molecule has 0 aromatic heterocycles. The molecule has 0 aliphatic carbocycles. The van der Waals surface area contributed by atoms with Crippen molar-refractivity contribution in [1.29, 1.82) is 0 Å². The summed E-state index contributed by atoms with van der Waals surface area (Å²) in [5.74, 6) is -0.580. The average Bonchev–Trinajstić information content (AvgIpc) is 2.66. The third-order valence-electron chi connectivity index (χ3n) is 4.22. The topological polar surface area (TPSA) is 95.6 Å². The monoisotopic (exact) mass is 403 g/mol. The summed E-state index contributed by atoms with van der Waals surface area (Å²) in [4.78, 5) is 25.5. The number of ketones is 1. The van der Waals surface area contributed by atoms with Gasteiger partial charge in [-0.05, 0) is 43.7 Å². The lowest BCUT2D eigenvalue weighted by molar-refractivity contribution is -0.122. The molecule has 0 heterocycles. The van der Waals surface area contributed by atoms with Crippen molar-refractivity contribution in [3.63, 3.8) is 0 Å². The van der Waals surface area contributed by atoms with Gasteiger partial charge in [-0.2, -0.15) is 4.72 Å². The van der Waals surface area contributed by atoms with E-state index in [9.17, 15) is 18.0 Å². The van der Waals surface area contributed by atoms with Crippen LogP contribution in [0.1, 0.15) is 29.8 Å². The third-order valence-corrected chi connectivity index (χ3v) is 5.77. The second-order valence-corrected chi connectivity index (χ2v) is 8.42. The van der Waals surface area contributed by atoms with Crippen LogP contribution >= 0.6 is 0 Å². The summed E-state index contributed by atoms with van der Waals surface area (Å²) in [5, 5.41) is 2.72. The largest absolute Gasteiger partial charge is 0.378 e. The van der Waals surface area contributed by atoms with Crippen molar-refractivity contribution in [2.24, 2.45) is 0 Å². The second kappa shape index (κ2) is 8.99. The van der Waals surface area contributed by atoms with Crippen LogP contribution in [0.3, 0.4) is 0 Å². The van der Waals surface area contributed by atoms with Gasteiger partial charge in [-0.3, -0.25) is 9.59 Å². The first kappa shape index (κ1) is 21.6. The minimum Gasteiger partial charge on any atom is -0.378 e. The van der Waals surface area contributed by atoms with Crippen LogP contribution in [0.2, 0.25) is 0 Å². The molecule has 0 radical (unpaired) electrons. The molecule has 2 aromatic rings. The Kier molecular flexibility index (Phi) is 6.93. The highest BCUT2D eigenvalue weighted by atomic mass is 32.2. The smallest absolute Gasteiger partial charge is 0.241 e. The second-order valence-electron chi connectivity index (χ2n) is 6.70. The molecule has 0 unspecified atom stereocenters. The molecule has 2 rings (SSSR count). The molecule has 0 saturated carbocycles. The lowest BCUT2D eigenvalue weighted by atomic mass is 10.2. The van der Waals surface area contributed by atoms with E-state index in [-0.39, 0.29) is 10.7 Å². The summed E-state index contributed by atoms with van der Waals surface area (Å²) in [6.07, 6.45) is 0. The van der Waals surface area contributed by atoms with E-state index in [1.165, 1.54) is 38.1 Å². The van der Waals surface area contributed by atoms with E-state index >= 15 is 0 Å². The molecule has 0 bridgehead atoms. The SMILES string of the molecule is CC(=O)c1ccc(S(=O)(=O)N[C@@H](C)C(=O)NCc2ccc(N(C)C)cc2)cc1. The number of benzene rings is 2. The zero-order valence-electron chi connectivity index (χ0n) is 16.4. The molecule has 0 spiro atoms. The van der Waals surface area contributed by atoms with Crippen LogP contribution in [-0.2, 0) is 21.4 Å². The summed E-state index contributed by atoms with van der Waals surface area (Å²) < 4.78 is 27.2. The van der Waals surface area contributed by atoms with Gasteiger partial charge in [0.2, 0.25) is 15.9 Å². The molecular formula is C20H25N3O4S. The van der Waals surface area contributed by atoms with Crippen molar-refractivity contribution in [3.05, 3.63) is 59.7 Å². The van der Waals surface area contributed by atoms with Gasteiger partial charge in [-0.1, -0.05) is 24.3 Å². The van der Waals surface area contributed by atoms with Crippen LogP contribution < -0.4 is 14.9 Å². The maximum absolute atomic E-state index is 12.4. The van der Waals surface area contributed by atoms with Crippen LogP contribution in [0.5, 0.6) is 0 Å². The van der Waals surface area contributed by atoms with Crippen LogP contribution in [0.25, 0.3) is 0 Å². The van der Waals surface area contributed by atoms with Crippen molar-refractivity contribution in [3.8, 4) is 0 Å². The summed E-state index contributed by atoms with van der Waals surface area (Å²) in [5.41, 5.74) is 2.38. The quantitative estimate of drug-likeness (QED) is 0.657. The summed E-state index contributed by atoms with van der Waals surface area (Å²) >= 11 is 0. The number of anilines is 1. The highest BCUT2D eigenvalue weighted by molar-refractivity contribution is 7.89. The van der Waals surface area contributed by atoms with Crippen molar-refractivity contribution >= 4 is 27.4 Å². The highest BCUT2D eigenvalue weighted by Crippen LogP contribution is 2.13. The van der Waals surface area contributed by atoms with Gasteiger partial charge < -0.3 is 10.2 Å². The number of hydrogen-bond donors (Lipinski definition) is 2. The van der Waals surface area contributed by atoms with Gasteiger partial charge in [0, 0.05) is 31.9 Å². The number of nitrogens with zero attached hydrogens (tertiary/aromatic N) is 1. The van der Waals surface area contributed by atoms with E-state index in [0.717, 1.165) is 11.3 Å².